The minimum Gasteiger partial charge on any atom is -0.480 e. The number of carboxylic acids is 1. The average molecular weight is 498 g/mol. The molecule has 3 N–H and O–H groups in total. The van der Waals surface area contributed by atoms with Gasteiger partial charge in [-0.05, 0) is 40.7 Å². The highest BCUT2D eigenvalue weighted by molar-refractivity contribution is 7.98. The standard InChI is InChI=1S/C24H23N3O5S2/c1-33-11-10-19(22(29)30)25-21(28)20-13-34-23(26-20)27-24(31)32-12-18-16-8-4-2-6-14(16)15-7-3-5-9-17(15)18/h2-9,13,18-19H,10-12H2,1H3,(H,25,28)(H,29,30)(H,26,27,31)/t19-/m1/s1. The van der Waals surface area contributed by atoms with Crippen LogP contribution in [0, 0.1) is 0 Å². The maximum atomic E-state index is 12.4. The van der Waals surface area contributed by atoms with Crippen LogP contribution in [0.4, 0.5) is 9.93 Å². The Balaban J connectivity index is 1.35. The van der Waals surface area contributed by atoms with Gasteiger partial charge >= 0.3 is 12.1 Å². The number of thiazole rings is 1. The second kappa shape index (κ2) is 10.7. The lowest BCUT2D eigenvalue weighted by molar-refractivity contribution is -0.139. The molecule has 0 bridgehead atoms. The van der Waals surface area contributed by atoms with Crippen LogP contribution in [-0.4, -0.2) is 52.7 Å². The zero-order chi connectivity index (χ0) is 24.1. The van der Waals surface area contributed by atoms with E-state index in [1.807, 2.05) is 42.7 Å². The Bertz CT molecular complexity index is 1170. The van der Waals surface area contributed by atoms with E-state index in [1.54, 1.807) is 0 Å². The first-order valence-corrected chi connectivity index (χ1v) is 12.9. The van der Waals surface area contributed by atoms with Gasteiger partial charge in [-0.2, -0.15) is 11.8 Å². The van der Waals surface area contributed by atoms with Gasteiger partial charge in [-0.15, -0.1) is 11.3 Å². The number of carbonyl (C=O) groups is 3. The van der Waals surface area contributed by atoms with Crippen molar-refractivity contribution >= 4 is 46.2 Å². The van der Waals surface area contributed by atoms with Crippen molar-refractivity contribution < 1.29 is 24.2 Å². The molecule has 1 aliphatic rings. The lowest BCUT2D eigenvalue weighted by Crippen LogP contribution is -2.41. The van der Waals surface area contributed by atoms with Crippen molar-refractivity contribution in [2.45, 2.75) is 18.4 Å². The van der Waals surface area contributed by atoms with E-state index in [1.165, 1.54) is 17.1 Å². The summed E-state index contributed by atoms with van der Waals surface area (Å²) in [7, 11) is 0. The van der Waals surface area contributed by atoms with Gasteiger partial charge in [0.05, 0.1) is 0 Å². The number of carbonyl (C=O) groups excluding carboxylic acids is 2. The van der Waals surface area contributed by atoms with Crippen LogP contribution in [0.2, 0.25) is 0 Å². The number of hydrogen-bond donors (Lipinski definition) is 3. The van der Waals surface area contributed by atoms with Crippen molar-refractivity contribution in [1.29, 1.82) is 0 Å². The van der Waals surface area contributed by atoms with Crippen LogP contribution in [0.15, 0.2) is 53.9 Å². The molecule has 0 spiro atoms. The van der Waals surface area contributed by atoms with Crippen LogP contribution in [0.3, 0.4) is 0 Å². The summed E-state index contributed by atoms with van der Waals surface area (Å²) in [5, 5.41) is 15.9. The summed E-state index contributed by atoms with van der Waals surface area (Å²) in [6, 6.07) is 15.1. The molecule has 0 fully saturated rings. The molecule has 10 heteroatoms. The van der Waals surface area contributed by atoms with Gasteiger partial charge in [0.15, 0.2) is 5.13 Å². The van der Waals surface area contributed by atoms with Crippen molar-refractivity contribution in [1.82, 2.24) is 10.3 Å². The highest BCUT2D eigenvalue weighted by Crippen LogP contribution is 2.44. The van der Waals surface area contributed by atoms with Gasteiger partial charge in [-0.1, -0.05) is 48.5 Å². The van der Waals surface area contributed by atoms with E-state index in [9.17, 15) is 19.5 Å². The third kappa shape index (κ3) is 5.23. The molecule has 176 valence electrons. The molecule has 3 aromatic rings. The van der Waals surface area contributed by atoms with E-state index in [4.69, 9.17) is 4.74 Å². The molecule has 0 unspecified atom stereocenters. The predicted octanol–water partition coefficient (Wildman–Crippen LogP) is 4.44. The van der Waals surface area contributed by atoms with Crippen molar-refractivity contribution in [2.75, 3.05) is 23.9 Å². The maximum absolute atomic E-state index is 12.4. The molecule has 1 atom stereocenters. The third-order valence-electron chi connectivity index (χ3n) is 5.50. The number of hydrogen-bond acceptors (Lipinski definition) is 7. The number of amides is 2. The van der Waals surface area contributed by atoms with Gasteiger partial charge < -0.3 is 15.2 Å². The summed E-state index contributed by atoms with van der Waals surface area (Å²) in [5.74, 6) is -1.17. The Morgan fingerprint density at radius 2 is 1.76 bits per heavy atom. The summed E-state index contributed by atoms with van der Waals surface area (Å²) in [6.07, 6.45) is 1.49. The monoisotopic (exact) mass is 497 g/mol. The molecule has 0 aliphatic heterocycles. The molecule has 0 radical (unpaired) electrons. The van der Waals surface area contributed by atoms with Gasteiger partial charge in [-0.3, -0.25) is 10.1 Å². The molecular formula is C24H23N3O5S2. The van der Waals surface area contributed by atoms with Gasteiger partial charge in [-0.25, -0.2) is 14.6 Å². The summed E-state index contributed by atoms with van der Waals surface area (Å²) < 4.78 is 5.49. The number of carboxylic acid groups (broad SMARTS) is 1. The minimum absolute atomic E-state index is 0.0364. The normalized spacial score (nSPS) is 13.0. The molecule has 8 nitrogen and oxygen atoms in total. The molecule has 2 amide bonds. The first-order chi connectivity index (χ1) is 16.5. The largest absolute Gasteiger partial charge is 0.480 e. The average Bonchev–Trinajstić information content (AvgIpc) is 3.43. The lowest BCUT2D eigenvalue weighted by Gasteiger charge is -2.14. The number of rotatable bonds is 9. The number of aromatic nitrogens is 1. The van der Waals surface area contributed by atoms with Crippen molar-refractivity contribution in [3.63, 3.8) is 0 Å². The minimum atomic E-state index is -1.10. The van der Waals surface area contributed by atoms with Crippen LogP contribution >= 0.6 is 23.1 Å². The molecule has 0 saturated heterocycles. The second-order valence-corrected chi connectivity index (χ2v) is 9.48. The quantitative estimate of drug-likeness (QED) is 0.400. The van der Waals surface area contributed by atoms with Crippen LogP contribution in [-0.2, 0) is 9.53 Å². The molecule has 4 rings (SSSR count). The van der Waals surface area contributed by atoms with E-state index in [0.29, 0.717) is 12.2 Å². The van der Waals surface area contributed by atoms with E-state index in [-0.39, 0.29) is 23.4 Å². The zero-order valence-corrected chi connectivity index (χ0v) is 19.9. The maximum Gasteiger partial charge on any atom is 0.413 e. The smallest absolute Gasteiger partial charge is 0.413 e. The molecule has 2 aromatic carbocycles. The molecule has 34 heavy (non-hydrogen) atoms. The fraction of sp³-hybridized carbons (Fsp3) is 0.250. The number of fused-ring (bicyclic) bond motifs is 3. The SMILES string of the molecule is CSCC[C@@H](NC(=O)c1csc(NC(=O)OCC2c3ccccc3-c3ccccc32)n1)C(=O)O. The molecule has 1 aromatic heterocycles. The first kappa shape index (κ1) is 23.8. The van der Waals surface area contributed by atoms with Gasteiger partial charge in [0.1, 0.15) is 18.3 Å². The van der Waals surface area contributed by atoms with E-state index in [0.717, 1.165) is 33.6 Å². The number of nitrogens with one attached hydrogen (secondary N) is 2. The first-order valence-electron chi connectivity index (χ1n) is 10.6. The number of ether oxygens (including phenoxy) is 1. The molecule has 0 saturated carbocycles. The number of thioether (sulfide) groups is 1. The van der Waals surface area contributed by atoms with Crippen molar-refractivity contribution in [3.05, 3.63) is 70.7 Å². The van der Waals surface area contributed by atoms with Gasteiger partial charge in [0, 0.05) is 11.3 Å². The zero-order valence-electron chi connectivity index (χ0n) is 18.3. The summed E-state index contributed by atoms with van der Waals surface area (Å²) >= 11 is 2.56. The molecular weight excluding hydrogens is 474 g/mol. The molecule has 1 heterocycles. The lowest BCUT2D eigenvalue weighted by atomic mass is 9.98. The van der Waals surface area contributed by atoms with Crippen LogP contribution in [0.25, 0.3) is 11.1 Å². The second-order valence-electron chi connectivity index (χ2n) is 7.63. The van der Waals surface area contributed by atoms with Gasteiger partial charge in [0.25, 0.3) is 5.91 Å². The topological polar surface area (TPSA) is 118 Å². The number of benzene rings is 2. The number of aliphatic carboxylic acids is 1. The summed E-state index contributed by atoms with van der Waals surface area (Å²) in [4.78, 5) is 40.2. The summed E-state index contributed by atoms with van der Waals surface area (Å²) in [6.45, 7) is 0.161. The Hall–Kier alpha value is -3.37. The van der Waals surface area contributed by atoms with Crippen LogP contribution < -0.4 is 10.6 Å². The van der Waals surface area contributed by atoms with Crippen LogP contribution in [0.5, 0.6) is 0 Å². The number of anilines is 1. The van der Waals surface area contributed by atoms with Crippen LogP contribution in [0.1, 0.15) is 34.0 Å². The number of nitrogens with zero attached hydrogens (tertiary/aromatic N) is 1. The fourth-order valence-electron chi connectivity index (χ4n) is 3.88. The third-order valence-corrected chi connectivity index (χ3v) is 6.91. The van der Waals surface area contributed by atoms with Crippen molar-refractivity contribution in [2.24, 2.45) is 0 Å². The highest BCUT2D eigenvalue weighted by Gasteiger charge is 2.29. The van der Waals surface area contributed by atoms with E-state index in [2.05, 4.69) is 27.8 Å². The molecule has 1 aliphatic carbocycles. The summed E-state index contributed by atoms with van der Waals surface area (Å²) in [5.41, 5.74) is 4.53. The fourth-order valence-corrected chi connectivity index (χ4v) is 5.03. The van der Waals surface area contributed by atoms with Crippen molar-refractivity contribution in [3.8, 4) is 11.1 Å². The Morgan fingerprint density at radius 1 is 1.12 bits per heavy atom. The Labute approximate surface area is 204 Å². The van der Waals surface area contributed by atoms with E-state index < -0.39 is 24.0 Å². The predicted molar refractivity (Wildman–Crippen MR) is 133 cm³/mol. The van der Waals surface area contributed by atoms with E-state index >= 15 is 0 Å². The Morgan fingerprint density at radius 3 is 2.38 bits per heavy atom. The van der Waals surface area contributed by atoms with Gasteiger partial charge in [0.2, 0.25) is 0 Å². The highest BCUT2D eigenvalue weighted by atomic mass is 32.2. The Kier molecular flexibility index (Phi) is 7.49.